The molecule has 0 saturated heterocycles. The van der Waals surface area contributed by atoms with Gasteiger partial charge in [0.25, 0.3) is 0 Å². The number of fused-ring (bicyclic) bond motifs is 1. The van der Waals surface area contributed by atoms with Crippen LogP contribution in [0.15, 0.2) is 12.1 Å². The Bertz CT molecular complexity index is 306. The van der Waals surface area contributed by atoms with Crippen molar-refractivity contribution in [3.05, 3.63) is 17.7 Å². The molecule has 3 nitrogen and oxygen atoms in total. The summed E-state index contributed by atoms with van der Waals surface area (Å²) in [5.41, 5.74) is 7.62. The highest BCUT2D eigenvalue weighted by Crippen LogP contribution is 2.36. The molecule has 70 valence electrons. The average Bonchev–Trinajstić information content (AvgIpc) is 2.16. The second-order valence-corrected chi connectivity index (χ2v) is 3.16. The molecule has 13 heavy (non-hydrogen) atoms. The molecule has 0 spiro atoms. The third kappa shape index (κ3) is 1.41. The van der Waals surface area contributed by atoms with Crippen molar-refractivity contribution >= 4 is 5.69 Å². The largest absolute Gasteiger partial charge is 0.493 e. The second kappa shape index (κ2) is 3.17. The summed E-state index contributed by atoms with van der Waals surface area (Å²) in [5.74, 6) is 1.61. The van der Waals surface area contributed by atoms with Gasteiger partial charge in [0, 0.05) is 17.3 Å². The average molecular weight is 179 g/mol. The van der Waals surface area contributed by atoms with Crippen LogP contribution in [-0.4, -0.2) is 13.7 Å². The number of anilines is 1. The first-order chi connectivity index (χ1) is 6.31. The molecule has 0 radical (unpaired) electrons. The summed E-state index contributed by atoms with van der Waals surface area (Å²) in [5, 5.41) is 0. The number of aryl methyl sites for hydroxylation is 1. The first-order valence-electron chi connectivity index (χ1n) is 4.40. The van der Waals surface area contributed by atoms with Crippen molar-refractivity contribution in [2.45, 2.75) is 12.8 Å². The Morgan fingerprint density at radius 1 is 1.46 bits per heavy atom. The van der Waals surface area contributed by atoms with Crippen molar-refractivity contribution < 1.29 is 9.47 Å². The summed E-state index contributed by atoms with van der Waals surface area (Å²) in [6.45, 7) is 0.771. The summed E-state index contributed by atoms with van der Waals surface area (Å²) >= 11 is 0. The molecule has 0 amide bonds. The van der Waals surface area contributed by atoms with Crippen molar-refractivity contribution in [1.29, 1.82) is 0 Å². The molecule has 1 heterocycles. The van der Waals surface area contributed by atoms with Gasteiger partial charge in [0.15, 0.2) is 11.5 Å². The smallest absolute Gasteiger partial charge is 0.164 e. The summed E-state index contributed by atoms with van der Waals surface area (Å²) < 4.78 is 10.7. The van der Waals surface area contributed by atoms with Crippen LogP contribution in [0.25, 0.3) is 0 Å². The highest BCUT2D eigenvalue weighted by atomic mass is 16.5. The van der Waals surface area contributed by atoms with E-state index in [4.69, 9.17) is 15.2 Å². The summed E-state index contributed by atoms with van der Waals surface area (Å²) in [4.78, 5) is 0. The van der Waals surface area contributed by atoms with Crippen LogP contribution < -0.4 is 15.2 Å². The molecule has 1 aliphatic heterocycles. The molecule has 0 saturated carbocycles. The van der Waals surface area contributed by atoms with Crippen LogP contribution in [0, 0.1) is 0 Å². The van der Waals surface area contributed by atoms with Crippen molar-refractivity contribution in [2.24, 2.45) is 0 Å². The number of hydrogen-bond acceptors (Lipinski definition) is 3. The topological polar surface area (TPSA) is 44.5 Å². The first kappa shape index (κ1) is 8.23. The Labute approximate surface area is 77.5 Å². The molecular weight excluding hydrogens is 166 g/mol. The molecule has 0 fully saturated rings. The number of nitrogen functional groups attached to an aromatic ring is 1. The number of nitrogens with two attached hydrogens (primary N) is 1. The van der Waals surface area contributed by atoms with E-state index in [0.717, 1.165) is 42.2 Å². The van der Waals surface area contributed by atoms with Crippen LogP contribution in [-0.2, 0) is 6.42 Å². The van der Waals surface area contributed by atoms with Gasteiger partial charge in [0.2, 0.25) is 0 Å². The van der Waals surface area contributed by atoms with E-state index in [1.54, 1.807) is 13.2 Å². The van der Waals surface area contributed by atoms with Crippen LogP contribution in [0.3, 0.4) is 0 Å². The van der Waals surface area contributed by atoms with Crippen molar-refractivity contribution in [2.75, 3.05) is 19.5 Å². The Morgan fingerprint density at radius 2 is 2.31 bits per heavy atom. The van der Waals surface area contributed by atoms with E-state index in [2.05, 4.69) is 0 Å². The van der Waals surface area contributed by atoms with E-state index in [1.165, 1.54) is 0 Å². The number of hydrogen-bond donors (Lipinski definition) is 1. The maximum absolute atomic E-state index is 5.72. The third-order valence-electron chi connectivity index (χ3n) is 2.21. The molecule has 0 bridgehead atoms. The lowest BCUT2D eigenvalue weighted by molar-refractivity contribution is 0.269. The van der Waals surface area contributed by atoms with Gasteiger partial charge in [-0.2, -0.15) is 0 Å². The van der Waals surface area contributed by atoms with E-state index < -0.39 is 0 Å². The Morgan fingerprint density at radius 3 is 3.08 bits per heavy atom. The van der Waals surface area contributed by atoms with Gasteiger partial charge in [-0.1, -0.05) is 0 Å². The molecule has 2 N–H and O–H groups in total. The van der Waals surface area contributed by atoms with Gasteiger partial charge >= 0.3 is 0 Å². The third-order valence-corrected chi connectivity index (χ3v) is 2.21. The minimum absolute atomic E-state index is 0.737. The monoisotopic (exact) mass is 179 g/mol. The molecule has 0 unspecified atom stereocenters. The number of methoxy groups -OCH3 is 1. The van der Waals surface area contributed by atoms with Crippen LogP contribution in [0.1, 0.15) is 12.0 Å². The minimum Gasteiger partial charge on any atom is -0.493 e. The Kier molecular flexibility index (Phi) is 2.00. The van der Waals surface area contributed by atoms with Gasteiger partial charge in [-0.25, -0.2) is 0 Å². The fourth-order valence-corrected chi connectivity index (χ4v) is 1.62. The van der Waals surface area contributed by atoms with Gasteiger partial charge in [-0.15, -0.1) is 0 Å². The molecule has 1 aliphatic rings. The highest BCUT2D eigenvalue weighted by Gasteiger charge is 2.15. The SMILES string of the molecule is COc1cc(N)cc2c1OCCC2. The Balaban J connectivity index is 2.50. The lowest BCUT2D eigenvalue weighted by Gasteiger charge is -2.19. The summed E-state index contributed by atoms with van der Waals surface area (Å²) in [7, 11) is 1.63. The fourth-order valence-electron chi connectivity index (χ4n) is 1.62. The van der Waals surface area contributed by atoms with Crippen LogP contribution in [0.4, 0.5) is 5.69 Å². The maximum Gasteiger partial charge on any atom is 0.164 e. The zero-order valence-electron chi connectivity index (χ0n) is 7.67. The fraction of sp³-hybridized carbons (Fsp3) is 0.400. The molecule has 2 rings (SSSR count). The predicted octanol–water partition coefficient (Wildman–Crippen LogP) is 1.60. The standard InChI is InChI=1S/C10H13NO2/c1-12-9-6-8(11)5-7-3-2-4-13-10(7)9/h5-6H,2-4,11H2,1H3. The van der Waals surface area contributed by atoms with Gasteiger partial charge in [0.05, 0.1) is 13.7 Å². The van der Waals surface area contributed by atoms with Crippen LogP contribution in [0.5, 0.6) is 11.5 Å². The Hall–Kier alpha value is -1.38. The van der Waals surface area contributed by atoms with Gasteiger partial charge < -0.3 is 15.2 Å². The molecule has 1 aromatic rings. The van der Waals surface area contributed by atoms with E-state index in [9.17, 15) is 0 Å². The quantitative estimate of drug-likeness (QED) is 0.666. The zero-order valence-corrected chi connectivity index (χ0v) is 7.67. The molecular formula is C10H13NO2. The normalized spacial score (nSPS) is 14.5. The second-order valence-electron chi connectivity index (χ2n) is 3.16. The number of rotatable bonds is 1. The number of benzene rings is 1. The van der Waals surface area contributed by atoms with Crippen molar-refractivity contribution in [3.8, 4) is 11.5 Å². The van der Waals surface area contributed by atoms with Crippen LogP contribution in [0.2, 0.25) is 0 Å². The minimum atomic E-state index is 0.737. The lowest BCUT2D eigenvalue weighted by Crippen LogP contribution is -2.10. The van der Waals surface area contributed by atoms with Gasteiger partial charge in [-0.3, -0.25) is 0 Å². The molecule has 0 atom stereocenters. The van der Waals surface area contributed by atoms with Crippen LogP contribution >= 0.6 is 0 Å². The van der Waals surface area contributed by atoms with E-state index in [-0.39, 0.29) is 0 Å². The van der Waals surface area contributed by atoms with E-state index in [1.807, 2.05) is 6.07 Å². The molecule has 3 heteroatoms. The molecule has 0 aromatic heterocycles. The molecule has 1 aromatic carbocycles. The summed E-state index contributed by atoms with van der Waals surface area (Å²) in [6.07, 6.45) is 2.08. The maximum atomic E-state index is 5.72. The highest BCUT2D eigenvalue weighted by molar-refractivity contribution is 5.57. The van der Waals surface area contributed by atoms with Gasteiger partial charge in [-0.05, 0) is 18.9 Å². The first-order valence-corrected chi connectivity index (χ1v) is 4.40. The van der Waals surface area contributed by atoms with Gasteiger partial charge in [0.1, 0.15) is 0 Å². The summed E-state index contributed by atoms with van der Waals surface area (Å²) in [6, 6.07) is 3.75. The van der Waals surface area contributed by atoms with E-state index >= 15 is 0 Å². The van der Waals surface area contributed by atoms with E-state index in [0.29, 0.717) is 0 Å². The van der Waals surface area contributed by atoms with Crippen molar-refractivity contribution in [3.63, 3.8) is 0 Å². The zero-order chi connectivity index (χ0) is 9.26. The molecule has 0 aliphatic carbocycles. The van der Waals surface area contributed by atoms with Crippen molar-refractivity contribution in [1.82, 2.24) is 0 Å². The lowest BCUT2D eigenvalue weighted by atomic mass is 10.1. The number of ether oxygens (including phenoxy) is 2. The predicted molar refractivity (Wildman–Crippen MR) is 51.2 cm³/mol.